The lowest BCUT2D eigenvalue weighted by molar-refractivity contribution is -0.134. The molecule has 5 rings (SSSR count). The summed E-state index contributed by atoms with van der Waals surface area (Å²) >= 11 is 1.63. The number of carbonyl (C=O) groups is 2. The van der Waals surface area contributed by atoms with Crippen LogP contribution in [0.4, 0.5) is 17.1 Å². The Morgan fingerprint density at radius 2 is 1.22 bits per heavy atom. The molecule has 6 heteroatoms. The molecule has 5 nitrogen and oxygen atoms in total. The van der Waals surface area contributed by atoms with Crippen LogP contribution in [0.25, 0.3) is 0 Å². The minimum Gasteiger partial charge on any atom is -0.426 e. The normalized spacial score (nSPS) is 12.0. The van der Waals surface area contributed by atoms with Crippen molar-refractivity contribution in [3.8, 4) is 5.75 Å². The highest BCUT2D eigenvalue weighted by Gasteiger charge is 2.29. The van der Waals surface area contributed by atoms with Gasteiger partial charge >= 0.3 is 5.97 Å². The van der Waals surface area contributed by atoms with E-state index in [1.807, 2.05) is 23.1 Å². The van der Waals surface area contributed by atoms with Crippen molar-refractivity contribution in [2.24, 2.45) is 0 Å². The van der Waals surface area contributed by atoms with Crippen LogP contribution in [-0.2, 0) is 22.7 Å². The van der Waals surface area contributed by atoms with Gasteiger partial charge in [-0.15, -0.1) is 0 Å². The molecule has 0 saturated heterocycles. The molecule has 1 aliphatic heterocycles. The van der Waals surface area contributed by atoms with Crippen LogP contribution in [0.5, 0.6) is 5.75 Å². The second kappa shape index (κ2) is 16.0. The number of amides is 1. The van der Waals surface area contributed by atoms with Crippen molar-refractivity contribution in [1.29, 1.82) is 0 Å². The fourth-order valence-electron chi connectivity index (χ4n) is 5.71. The van der Waals surface area contributed by atoms with E-state index in [0.29, 0.717) is 18.6 Å². The Balaban J connectivity index is 1.49. The van der Waals surface area contributed by atoms with Gasteiger partial charge in [0.05, 0.1) is 11.4 Å². The first-order valence-electron chi connectivity index (χ1n) is 16.7. The molecule has 46 heavy (non-hydrogen) atoms. The van der Waals surface area contributed by atoms with E-state index in [1.54, 1.807) is 11.8 Å². The summed E-state index contributed by atoms with van der Waals surface area (Å²) in [5.74, 6) is 0.392. The molecule has 4 aromatic carbocycles. The highest BCUT2D eigenvalue weighted by molar-refractivity contribution is 7.99. The predicted molar refractivity (Wildman–Crippen MR) is 190 cm³/mol. The number of benzene rings is 4. The summed E-state index contributed by atoms with van der Waals surface area (Å²) in [5, 5.41) is 0. The third-order valence-corrected chi connectivity index (χ3v) is 9.48. The van der Waals surface area contributed by atoms with Gasteiger partial charge in [-0.25, -0.2) is 0 Å². The van der Waals surface area contributed by atoms with E-state index in [1.165, 1.54) is 22.3 Å². The SMILES string of the molecule is CCCCCC(=O)Oc1ccc2c(c1)Sc1cc(N(Cc3ccc(C)cc3)Cc3ccc(C)cc3)ccc1N2C(=O)CCCCC. The number of fused-ring (bicyclic) bond motifs is 2. The first-order chi connectivity index (χ1) is 22.3. The molecule has 1 amide bonds. The van der Waals surface area contributed by atoms with E-state index in [0.717, 1.165) is 78.5 Å². The summed E-state index contributed by atoms with van der Waals surface area (Å²) in [6.45, 7) is 10.0. The maximum atomic E-state index is 13.8. The average molecular weight is 635 g/mol. The molecule has 0 bridgehead atoms. The van der Waals surface area contributed by atoms with Crippen LogP contribution in [-0.4, -0.2) is 11.9 Å². The van der Waals surface area contributed by atoms with Crippen molar-refractivity contribution in [3.05, 3.63) is 107 Å². The van der Waals surface area contributed by atoms with Crippen LogP contribution in [0.3, 0.4) is 0 Å². The van der Waals surface area contributed by atoms with E-state index in [2.05, 4.69) is 99.3 Å². The van der Waals surface area contributed by atoms with E-state index in [9.17, 15) is 9.59 Å². The summed E-state index contributed by atoms with van der Waals surface area (Å²) in [5.41, 5.74) is 7.80. The number of hydrogen-bond acceptors (Lipinski definition) is 5. The van der Waals surface area contributed by atoms with Crippen LogP contribution >= 0.6 is 11.8 Å². The summed E-state index contributed by atoms with van der Waals surface area (Å²) in [6.07, 6.45) is 6.72. The lowest BCUT2D eigenvalue weighted by atomic mass is 10.1. The summed E-state index contributed by atoms with van der Waals surface area (Å²) in [6, 6.07) is 29.5. The number of anilines is 3. The van der Waals surface area contributed by atoms with Gasteiger partial charge in [-0.05, 0) is 74.2 Å². The third kappa shape index (κ3) is 8.61. The number of ether oxygens (including phenoxy) is 1. The number of hydrogen-bond donors (Lipinski definition) is 0. The van der Waals surface area contributed by atoms with Crippen LogP contribution in [0, 0.1) is 13.8 Å². The molecule has 1 heterocycles. The van der Waals surface area contributed by atoms with Crippen molar-refractivity contribution in [1.82, 2.24) is 0 Å². The van der Waals surface area contributed by atoms with Crippen molar-refractivity contribution < 1.29 is 14.3 Å². The Hall–Kier alpha value is -4.03. The number of aryl methyl sites for hydroxylation is 2. The van der Waals surface area contributed by atoms with Gasteiger partial charge in [0.25, 0.3) is 0 Å². The van der Waals surface area contributed by atoms with Gasteiger partial charge in [0.2, 0.25) is 5.91 Å². The molecule has 1 aliphatic rings. The number of rotatable bonds is 14. The molecule has 0 aromatic heterocycles. The smallest absolute Gasteiger partial charge is 0.311 e. The Morgan fingerprint density at radius 3 is 1.80 bits per heavy atom. The zero-order valence-corrected chi connectivity index (χ0v) is 28.5. The van der Waals surface area contributed by atoms with Crippen LogP contribution < -0.4 is 14.5 Å². The molecule has 4 aromatic rings. The van der Waals surface area contributed by atoms with Gasteiger partial charge in [0.1, 0.15) is 5.75 Å². The minimum absolute atomic E-state index is 0.0875. The minimum atomic E-state index is -0.216. The van der Waals surface area contributed by atoms with Crippen molar-refractivity contribution in [2.75, 3.05) is 9.80 Å². The summed E-state index contributed by atoms with van der Waals surface area (Å²) in [7, 11) is 0. The Labute approximate surface area is 279 Å². The fraction of sp³-hybridized carbons (Fsp3) is 0.350. The fourth-order valence-corrected chi connectivity index (χ4v) is 6.83. The average Bonchev–Trinajstić information content (AvgIpc) is 3.05. The van der Waals surface area contributed by atoms with Crippen molar-refractivity contribution in [3.63, 3.8) is 0 Å². The van der Waals surface area contributed by atoms with Crippen molar-refractivity contribution >= 4 is 40.7 Å². The molecule has 0 fully saturated rings. The maximum Gasteiger partial charge on any atom is 0.311 e. The van der Waals surface area contributed by atoms with E-state index < -0.39 is 0 Å². The largest absolute Gasteiger partial charge is 0.426 e. The number of carbonyl (C=O) groups excluding carboxylic acids is 2. The first kappa shape index (κ1) is 33.3. The van der Waals surface area contributed by atoms with Crippen LogP contribution in [0.2, 0.25) is 0 Å². The molecule has 0 N–H and O–H groups in total. The number of esters is 1. The second-order valence-corrected chi connectivity index (χ2v) is 13.4. The summed E-state index contributed by atoms with van der Waals surface area (Å²) in [4.78, 5) is 32.5. The molecule has 0 spiro atoms. The van der Waals surface area contributed by atoms with E-state index in [-0.39, 0.29) is 11.9 Å². The first-order valence-corrected chi connectivity index (χ1v) is 17.5. The van der Waals surface area contributed by atoms with Crippen LogP contribution in [0.1, 0.15) is 87.5 Å². The van der Waals surface area contributed by atoms with Crippen molar-refractivity contribution in [2.45, 2.75) is 102 Å². The van der Waals surface area contributed by atoms with Gasteiger partial charge in [-0.1, -0.05) is 111 Å². The molecule has 0 unspecified atom stereocenters. The number of nitrogens with zero attached hydrogens (tertiary/aromatic N) is 2. The number of unbranched alkanes of at least 4 members (excludes halogenated alkanes) is 4. The quantitative estimate of drug-likeness (QED) is 0.0785. The highest BCUT2D eigenvalue weighted by Crippen LogP contribution is 2.50. The lowest BCUT2D eigenvalue weighted by Crippen LogP contribution is -2.28. The second-order valence-electron chi connectivity index (χ2n) is 12.3. The Morgan fingerprint density at radius 1 is 0.674 bits per heavy atom. The Kier molecular flexibility index (Phi) is 11.6. The molecule has 0 aliphatic carbocycles. The predicted octanol–water partition coefficient (Wildman–Crippen LogP) is 10.7. The molecule has 0 saturated carbocycles. The summed E-state index contributed by atoms with van der Waals surface area (Å²) < 4.78 is 5.74. The standard InChI is InChI=1S/C40H46N2O3S/c1-5-7-9-11-39(43)42-35-23-21-33(41(27-31-17-13-29(3)14-18-31)28-32-19-15-30(4)16-20-32)25-37(35)46-38-26-34(22-24-36(38)42)45-40(44)12-10-8-6-2/h13-26H,5-12,27-28H2,1-4H3. The van der Waals surface area contributed by atoms with Gasteiger partial charge in [-0.2, -0.15) is 0 Å². The molecule has 0 atom stereocenters. The highest BCUT2D eigenvalue weighted by atomic mass is 32.2. The van der Waals surface area contributed by atoms with Gasteiger partial charge in [-0.3, -0.25) is 14.5 Å². The maximum absolute atomic E-state index is 13.8. The third-order valence-electron chi connectivity index (χ3n) is 8.39. The van der Waals surface area contributed by atoms with Gasteiger partial charge < -0.3 is 9.64 Å². The van der Waals surface area contributed by atoms with Gasteiger partial charge in [0, 0.05) is 41.4 Å². The molecular weight excluding hydrogens is 589 g/mol. The van der Waals surface area contributed by atoms with Crippen LogP contribution in [0.15, 0.2) is 94.7 Å². The van der Waals surface area contributed by atoms with E-state index >= 15 is 0 Å². The zero-order valence-electron chi connectivity index (χ0n) is 27.7. The zero-order chi connectivity index (χ0) is 32.5. The molecular formula is C40H46N2O3S. The van der Waals surface area contributed by atoms with Gasteiger partial charge in [0.15, 0.2) is 0 Å². The topological polar surface area (TPSA) is 49.9 Å². The lowest BCUT2D eigenvalue weighted by Gasteiger charge is -2.33. The molecule has 240 valence electrons. The Bertz CT molecular complexity index is 1580. The van der Waals surface area contributed by atoms with E-state index in [4.69, 9.17) is 4.74 Å². The molecule has 0 radical (unpaired) electrons. The monoisotopic (exact) mass is 634 g/mol.